The number of para-hydroxylation sites is 1. The summed E-state index contributed by atoms with van der Waals surface area (Å²) in [5.74, 6) is 0.511. The highest BCUT2D eigenvalue weighted by Crippen LogP contribution is 2.28. The monoisotopic (exact) mass is 431 g/mol. The number of benzene rings is 2. The third-order valence-electron chi connectivity index (χ3n) is 6.42. The third-order valence-corrected chi connectivity index (χ3v) is 6.42. The van der Waals surface area contributed by atoms with Crippen molar-refractivity contribution in [1.29, 1.82) is 0 Å². The molecular weight excluding hydrogens is 402 g/mol. The van der Waals surface area contributed by atoms with Crippen LogP contribution in [0, 0.1) is 0 Å². The fraction of sp³-hybridized carbons (Fsp3) is 0.385. The number of fused-ring (bicyclic) bond motifs is 1. The number of ether oxygens (including phenoxy) is 2. The van der Waals surface area contributed by atoms with Crippen LogP contribution in [-0.2, 0) is 11.3 Å². The Labute approximate surface area is 188 Å². The normalized spacial score (nSPS) is 19.9. The highest BCUT2D eigenvalue weighted by Gasteiger charge is 2.25. The average Bonchev–Trinajstić information content (AvgIpc) is 3.33. The first-order chi connectivity index (χ1) is 15.7. The van der Waals surface area contributed by atoms with Crippen LogP contribution in [0.4, 0.5) is 0 Å². The van der Waals surface area contributed by atoms with E-state index in [9.17, 15) is 4.79 Å². The summed E-state index contributed by atoms with van der Waals surface area (Å²) in [4.78, 5) is 19.2. The molecule has 6 nitrogen and oxygen atoms in total. The van der Waals surface area contributed by atoms with Crippen molar-refractivity contribution >= 4 is 16.8 Å². The highest BCUT2D eigenvalue weighted by atomic mass is 16.5. The van der Waals surface area contributed by atoms with Gasteiger partial charge < -0.3 is 15.2 Å². The maximum absolute atomic E-state index is 12.0. The van der Waals surface area contributed by atoms with Crippen LogP contribution >= 0.6 is 0 Å². The Hall–Kier alpha value is -2.96. The number of hydrogen-bond donors (Lipinski definition) is 1. The second-order valence-corrected chi connectivity index (χ2v) is 8.74. The lowest BCUT2D eigenvalue weighted by Gasteiger charge is -2.33. The van der Waals surface area contributed by atoms with E-state index in [0.717, 1.165) is 48.3 Å². The van der Waals surface area contributed by atoms with Gasteiger partial charge in [-0.25, -0.2) is 4.98 Å². The summed E-state index contributed by atoms with van der Waals surface area (Å²) in [6, 6.07) is 17.8. The second-order valence-electron chi connectivity index (χ2n) is 8.74. The number of carbonyl (C=O) groups is 1. The molecule has 1 aliphatic carbocycles. The van der Waals surface area contributed by atoms with Crippen molar-refractivity contribution in [3.05, 3.63) is 71.4 Å². The molecule has 1 atom stereocenters. The summed E-state index contributed by atoms with van der Waals surface area (Å²) in [6.07, 6.45) is 5.05. The van der Waals surface area contributed by atoms with Crippen molar-refractivity contribution < 1.29 is 14.3 Å². The van der Waals surface area contributed by atoms with Gasteiger partial charge in [0, 0.05) is 25.0 Å². The van der Waals surface area contributed by atoms with Gasteiger partial charge in [0.2, 0.25) is 5.91 Å². The van der Waals surface area contributed by atoms with Crippen molar-refractivity contribution in [2.75, 3.05) is 19.7 Å². The number of hydrogen-bond acceptors (Lipinski definition) is 5. The molecule has 2 aliphatic rings. The van der Waals surface area contributed by atoms with Gasteiger partial charge in [-0.05, 0) is 55.5 Å². The number of pyridine rings is 1. The van der Waals surface area contributed by atoms with Crippen molar-refractivity contribution in [2.24, 2.45) is 5.73 Å². The lowest BCUT2D eigenvalue weighted by molar-refractivity contribution is -0.0348. The maximum atomic E-state index is 12.0. The van der Waals surface area contributed by atoms with Crippen LogP contribution in [0.15, 0.2) is 54.6 Å². The number of primary amides is 1. The molecule has 2 heterocycles. The topological polar surface area (TPSA) is 77.7 Å². The minimum absolute atomic E-state index is 0.198. The van der Waals surface area contributed by atoms with E-state index in [-0.39, 0.29) is 6.10 Å². The van der Waals surface area contributed by atoms with E-state index in [1.54, 1.807) is 6.07 Å². The zero-order chi connectivity index (χ0) is 21.9. The first kappa shape index (κ1) is 20.9. The van der Waals surface area contributed by atoms with Crippen LogP contribution in [-0.4, -0.2) is 41.6 Å². The summed E-state index contributed by atoms with van der Waals surface area (Å²) >= 11 is 0. The summed E-state index contributed by atoms with van der Waals surface area (Å²) in [7, 11) is 0. The van der Waals surface area contributed by atoms with E-state index < -0.39 is 5.91 Å². The second kappa shape index (κ2) is 9.27. The Kier molecular flexibility index (Phi) is 6.06. The first-order valence-electron chi connectivity index (χ1n) is 11.4. The molecule has 3 aromatic rings. The third kappa shape index (κ3) is 4.61. The lowest BCUT2D eigenvalue weighted by Crippen LogP contribution is -2.38. The van der Waals surface area contributed by atoms with Gasteiger partial charge in [-0.3, -0.25) is 9.69 Å². The van der Waals surface area contributed by atoms with Crippen LogP contribution < -0.4 is 10.5 Å². The molecule has 5 rings (SSSR count). The highest BCUT2D eigenvalue weighted by molar-refractivity contribution is 6.05. The molecule has 2 aromatic carbocycles. The number of aromatic nitrogens is 1. The van der Waals surface area contributed by atoms with Crippen molar-refractivity contribution in [3.8, 4) is 5.75 Å². The number of nitrogens with two attached hydrogens (primary N) is 1. The summed E-state index contributed by atoms with van der Waals surface area (Å²) in [5.41, 5.74) is 8.89. The molecule has 1 aromatic heterocycles. The number of nitrogens with zero attached hydrogens (tertiary/aromatic N) is 2. The minimum atomic E-state index is -0.447. The van der Waals surface area contributed by atoms with E-state index in [2.05, 4.69) is 29.2 Å². The van der Waals surface area contributed by atoms with Crippen molar-refractivity contribution in [2.45, 2.75) is 44.4 Å². The number of carbonyl (C=O) groups excluding carboxylic acids is 1. The molecule has 1 amide bonds. The van der Waals surface area contributed by atoms with Crippen LogP contribution in [0.25, 0.3) is 10.9 Å². The van der Waals surface area contributed by atoms with E-state index in [4.69, 9.17) is 20.2 Å². The Morgan fingerprint density at radius 1 is 1.12 bits per heavy atom. The lowest BCUT2D eigenvalue weighted by atomic mass is 10.0. The molecule has 1 unspecified atom stereocenters. The van der Waals surface area contributed by atoms with Gasteiger partial charge in [-0.15, -0.1) is 0 Å². The average molecular weight is 432 g/mol. The van der Waals surface area contributed by atoms with Crippen molar-refractivity contribution in [3.63, 3.8) is 0 Å². The number of rotatable bonds is 6. The van der Waals surface area contributed by atoms with Crippen LogP contribution in [0.3, 0.4) is 0 Å². The van der Waals surface area contributed by atoms with Gasteiger partial charge in [0.05, 0.1) is 29.5 Å². The molecule has 2 fully saturated rings. The fourth-order valence-electron chi connectivity index (χ4n) is 4.72. The van der Waals surface area contributed by atoms with Gasteiger partial charge in [-0.1, -0.05) is 30.3 Å². The Morgan fingerprint density at radius 2 is 1.91 bits per heavy atom. The SMILES string of the molecule is NC(=O)c1cc(C2CN(Cc3ccc(OC4CCCC4)cc3)CCO2)nc2ccccc12. The van der Waals surface area contributed by atoms with Crippen LogP contribution in [0.5, 0.6) is 5.75 Å². The first-order valence-corrected chi connectivity index (χ1v) is 11.4. The Bertz CT molecular complexity index is 1090. The zero-order valence-electron chi connectivity index (χ0n) is 18.2. The molecular formula is C26H29N3O3. The van der Waals surface area contributed by atoms with Crippen LogP contribution in [0.1, 0.15) is 53.4 Å². The van der Waals surface area contributed by atoms with E-state index in [1.807, 2.05) is 24.3 Å². The molecule has 32 heavy (non-hydrogen) atoms. The molecule has 166 valence electrons. The standard InChI is InChI=1S/C26H29N3O3/c27-26(30)22-15-24(28-23-8-4-3-7-21(22)23)25-17-29(13-14-31-25)16-18-9-11-20(12-10-18)32-19-5-1-2-6-19/h3-4,7-12,15,19,25H,1-2,5-6,13-14,16-17H2,(H2,27,30). The molecule has 1 saturated carbocycles. The van der Waals surface area contributed by atoms with Crippen molar-refractivity contribution in [1.82, 2.24) is 9.88 Å². The Morgan fingerprint density at radius 3 is 2.69 bits per heavy atom. The molecule has 0 spiro atoms. The minimum Gasteiger partial charge on any atom is -0.490 e. The number of morpholine rings is 1. The summed E-state index contributed by atoms with van der Waals surface area (Å²) in [5, 5.41) is 0.774. The summed E-state index contributed by atoms with van der Waals surface area (Å²) in [6.45, 7) is 3.02. The van der Waals surface area contributed by atoms with E-state index in [1.165, 1.54) is 18.4 Å². The summed E-state index contributed by atoms with van der Waals surface area (Å²) < 4.78 is 12.1. The molecule has 1 aliphatic heterocycles. The zero-order valence-corrected chi connectivity index (χ0v) is 18.2. The maximum Gasteiger partial charge on any atom is 0.249 e. The van der Waals surface area contributed by atoms with Gasteiger partial charge in [0.25, 0.3) is 0 Å². The molecule has 6 heteroatoms. The molecule has 0 bridgehead atoms. The molecule has 2 N–H and O–H groups in total. The smallest absolute Gasteiger partial charge is 0.249 e. The largest absolute Gasteiger partial charge is 0.490 e. The quantitative estimate of drug-likeness (QED) is 0.632. The van der Waals surface area contributed by atoms with E-state index >= 15 is 0 Å². The predicted octanol–water partition coefficient (Wildman–Crippen LogP) is 4.23. The number of amides is 1. The molecule has 1 saturated heterocycles. The van der Waals surface area contributed by atoms with Gasteiger partial charge in [-0.2, -0.15) is 0 Å². The van der Waals surface area contributed by atoms with E-state index in [0.29, 0.717) is 24.8 Å². The Balaban J connectivity index is 1.28. The van der Waals surface area contributed by atoms with Crippen LogP contribution in [0.2, 0.25) is 0 Å². The predicted molar refractivity (Wildman–Crippen MR) is 124 cm³/mol. The van der Waals surface area contributed by atoms with Gasteiger partial charge >= 0.3 is 0 Å². The van der Waals surface area contributed by atoms with Gasteiger partial charge in [0.1, 0.15) is 11.9 Å². The fourth-order valence-corrected chi connectivity index (χ4v) is 4.72. The molecule has 0 radical (unpaired) electrons. The van der Waals surface area contributed by atoms with Gasteiger partial charge in [0.15, 0.2) is 0 Å².